The van der Waals surface area contributed by atoms with Crippen LogP contribution in [0.4, 0.5) is 5.69 Å². The van der Waals surface area contributed by atoms with E-state index in [1.807, 2.05) is 0 Å². The summed E-state index contributed by atoms with van der Waals surface area (Å²) in [5.41, 5.74) is 4.09. The van der Waals surface area contributed by atoms with Crippen LogP contribution in [-0.2, 0) is 10.0 Å². The number of carbonyl (C=O) groups excluding carboxylic acids is 2. The molecule has 2 N–H and O–H groups in total. The maximum absolute atomic E-state index is 12.4. The highest BCUT2D eigenvalue weighted by atomic mass is 32.2. The van der Waals surface area contributed by atoms with Crippen LogP contribution in [0.25, 0.3) is 0 Å². The fourth-order valence-electron chi connectivity index (χ4n) is 3.25. The van der Waals surface area contributed by atoms with Crippen LogP contribution < -0.4 is 19.6 Å². The van der Waals surface area contributed by atoms with Crippen LogP contribution in [-0.4, -0.2) is 33.6 Å². The maximum atomic E-state index is 12.4. The maximum Gasteiger partial charge on any atom is 0.343 e. The number of carbonyl (C=O) groups is 2. The number of nitrogens with one attached hydrogen (secondary N) is 2. The second-order valence-corrected chi connectivity index (χ2v) is 9.56. The van der Waals surface area contributed by atoms with Crippen molar-refractivity contribution in [2.75, 3.05) is 11.8 Å². The minimum Gasteiger partial charge on any atom is -0.497 e. The quantitative estimate of drug-likeness (QED) is 0.143. The van der Waals surface area contributed by atoms with Crippen LogP contribution in [0, 0.1) is 0 Å². The third kappa shape index (κ3) is 6.83. The summed E-state index contributed by atoms with van der Waals surface area (Å²) in [7, 11) is -2.18. The third-order valence-electron chi connectivity index (χ3n) is 5.25. The van der Waals surface area contributed by atoms with E-state index in [1.54, 1.807) is 73.8 Å². The van der Waals surface area contributed by atoms with E-state index in [0.717, 1.165) is 0 Å². The van der Waals surface area contributed by atoms with Gasteiger partial charge >= 0.3 is 5.97 Å². The van der Waals surface area contributed by atoms with Gasteiger partial charge in [0.15, 0.2) is 0 Å². The summed E-state index contributed by atoms with van der Waals surface area (Å²) in [6.45, 7) is 0. The largest absolute Gasteiger partial charge is 0.497 e. The second-order valence-electron chi connectivity index (χ2n) is 7.88. The minimum absolute atomic E-state index is 0.139. The lowest BCUT2D eigenvalue weighted by molar-refractivity contribution is 0.0734. The van der Waals surface area contributed by atoms with Crippen molar-refractivity contribution >= 4 is 33.8 Å². The Labute approximate surface area is 219 Å². The molecule has 1 amide bonds. The van der Waals surface area contributed by atoms with Crippen molar-refractivity contribution in [1.29, 1.82) is 0 Å². The van der Waals surface area contributed by atoms with Crippen molar-refractivity contribution < 1.29 is 27.5 Å². The molecule has 0 saturated carbocycles. The summed E-state index contributed by atoms with van der Waals surface area (Å²) >= 11 is 0. The molecule has 4 aromatic rings. The highest BCUT2D eigenvalue weighted by molar-refractivity contribution is 7.92. The average molecular weight is 530 g/mol. The van der Waals surface area contributed by atoms with Crippen LogP contribution in [0.5, 0.6) is 11.5 Å². The fraction of sp³-hybridized carbons (Fsp3) is 0.0357. The molecule has 9 nitrogen and oxygen atoms in total. The highest BCUT2D eigenvalue weighted by Crippen LogP contribution is 2.18. The zero-order chi connectivity index (χ0) is 27.0. The van der Waals surface area contributed by atoms with E-state index in [0.29, 0.717) is 33.9 Å². The molecule has 0 aromatic heterocycles. The lowest BCUT2D eigenvalue weighted by Gasteiger charge is -2.08. The Morgan fingerprint density at radius 3 is 2.00 bits per heavy atom. The summed E-state index contributed by atoms with van der Waals surface area (Å²) in [6.07, 6.45) is 1.44. The summed E-state index contributed by atoms with van der Waals surface area (Å²) in [4.78, 5) is 24.8. The summed E-state index contributed by atoms with van der Waals surface area (Å²) in [5, 5.41) is 3.94. The number of benzene rings is 4. The van der Waals surface area contributed by atoms with Gasteiger partial charge in [-0.15, -0.1) is 0 Å². The number of rotatable bonds is 9. The smallest absolute Gasteiger partial charge is 0.343 e. The molecule has 0 bridgehead atoms. The molecule has 0 atom stereocenters. The fourth-order valence-corrected chi connectivity index (χ4v) is 4.33. The first-order valence-electron chi connectivity index (χ1n) is 11.3. The molecule has 0 radical (unpaired) electrons. The topological polar surface area (TPSA) is 123 Å². The monoisotopic (exact) mass is 529 g/mol. The number of methoxy groups -OCH3 is 1. The lowest BCUT2D eigenvalue weighted by Crippen LogP contribution is -2.18. The Kier molecular flexibility index (Phi) is 8.14. The number of anilines is 1. The van der Waals surface area contributed by atoms with Gasteiger partial charge in [0.2, 0.25) is 0 Å². The van der Waals surface area contributed by atoms with E-state index in [9.17, 15) is 18.0 Å². The normalized spacial score (nSPS) is 11.1. The molecular formula is C28H23N3O6S. The van der Waals surface area contributed by atoms with Crippen LogP contribution in [0.15, 0.2) is 113 Å². The van der Waals surface area contributed by atoms with Gasteiger partial charge in [-0.1, -0.05) is 18.2 Å². The number of esters is 1. The van der Waals surface area contributed by atoms with Gasteiger partial charge in [-0.2, -0.15) is 5.10 Å². The van der Waals surface area contributed by atoms with Crippen molar-refractivity contribution in [3.8, 4) is 11.5 Å². The van der Waals surface area contributed by atoms with Gasteiger partial charge in [-0.3, -0.25) is 9.52 Å². The van der Waals surface area contributed by atoms with Gasteiger partial charge in [-0.05, 0) is 90.5 Å². The van der Waals surface area contributed by atoms with Crippen LogP contribution >= 0.6 is 0 Å². The van der Waals surface area contributed by atoms with Gasteiger partial charge in [0.05, 0.1) is 23.8 Å². The minimum atomic E-state index is -3.72. The summed E-state index contributed by atoms with van der Waals surface area (Å²) < 4.78 is 37.7. The number of hydrogen-bond acceptors (Lipinski definition) is 7. The van der Waals surface area contributed by atoms with Gasteiger partial charge in [-0.25, -0.2) is 18.6 Å². The molecule has 0 aliphatic carbocycles. The van der Waals surface area contributed by atoms with Crippen molar-refractivity contribution in [3.63, 3.8) is 0 Å². The van der Waals surface area contributed by atoms with Crippen LogP contribution in [0.2, 0.25) is 0 Å². The number of hydrazone groups is 1. The van der Waals surface area contributed by atoms with Crippen molar-refractivity contribution in [2.45, 2.75) is 4.90 Å². The molecule has 4 rings (SSSR count). The molecule has 10 heteroatoms. The van der Waals surface area contributed by atoms with Gasteiger partial charge < -0.3 is 9.47 Å². The van der Waals surface area contributed by atoms with Gasteiger partial charge in [0.1, 0.15) is 11.5 Å². The summed E-state index contributed by atoms with van der Waals surface area (Å²) in [5.74, 6) is 0.0274. The SMILES string of the molecule is COc1ccc(C(=O)Oc2ccc(/C=N\NC(=O)c3ccc(NS(=O)(=O)c4ccccc4)cc3)cc2)cc1. The van der Waals surface area contributed by atoms with Crippen molar-refractivity contribution in [2.24, 2.45) is 5.10 Å². The molecule has 0 aliphatic heterocycles. The standard InChI is InChI=1S/C28H23N3O6S/c1-36-24-17-11-22(12-18-24)28(33)37-25-15-7-20(8-16-25)19-29-30-27(32)21-9-13-23(14-10-21)31-38(34,35)26-5-3-2-4-6-26/h2-19,31H,1H3,(H,30,32)/b29-19-. The van der Waals surface area contributed by atoms with Crippen LogP contribution in [0.3, 0.4) is 0 Å². The van der Waals surface area contributed by atoms with E-state index < -0.39 is 21.9 Å². The van der Waals surface area contributed by atoms with E-state index >= 15 is 0 Å². The van der Waals surface area contributed by atoms with Gasteiger partial charge in [0.25, 0.3) is 15.9 Å². The third-order valence-corrected chi connectivity index (χ3v) is 6.65. The first-order chi connectivity index (χ1) is 18.3. The molecule has 0 unspecified atom stereocenters. The first-order valence-corrected chi connectivity index (χ1v) is 12.8. The molecule has 4 aromatic carbocycles. The Morgan fingerprint density at radius 1 is 0.763 bits per heavy atom. The molecule has 0 fully saturated rings. The first kappa shape index (κ1) is 26.1. The number of amides is 1. The average Bonchev–Trinajstić information content (AvgIpc) is 2.94. The molecular weight excluding hydrogens is 506 g/mol. The van der Waals surface area contributed by atoms with Crippen molar-refractivity contribution in [3.05, 3.63) is 120 Å². The lowest BCUT2D eigenvalue weighted by atomic mass is 10.2. The zero-order valence-electron chi connectivity index (χ0n) is 20.2. The molecule has 192 valence electrons. The Bertz CT molecular complexity index is 1540. The van der Waals surface area contributed by atoms with E-state index in [2.05, 4.69) is 15.2 Å². The van der Waals surface area contributed by atoms with Crippen LogP contribution in [0.1, 0.15) is 26.3 Å². The van der Waals surface area contributed by atoms with E-state index in [1.165, 1.54) is 42.6 Å². The van der Waals surface area contributed by atoms with E-state index in [-0.39, 0.29) is 4.90 Å². The number of nitrogens with zero attached hydrogens (tertiary/aromatic N) is 1. The molecule has 0 aliphatic rings. The van der Waals surface area contributed by atoms with Gasteiger partial charge in [0, 0.05) is 11.3 Å². The predicted molar refractivity (Wildman–Crippen MR) is 143 cm³/mol. The van der Waals surface area contributed by atoms with Crippen molar-refractivity contribution in [1.82, 2.24) is 5.43 Å². The summed E-state index contributed by atoms with van der Waals surface area (Å²) in [6, 6.07) is 27.1. The Balaban J connectivity index is 1.29. The Morgan fingerprint density at radius 2 is 1.37 bits per heavy atom. The number of hydrogen-bond donors (Lipinski definition) is 2. The zero-order valence-corrected chi connectivity index (χ0v) is 21.0. The number of ether oxygens (including phenoxy) is 2. The molecule has 0 spiro atoms. The molecule has 0 saturated heterocycles. The molecule has 0 heterocycles. The van der Waals surface area contributed by atoms with E-state index in [4.69, 9.17) is 9.47 Å². The molecule has 38 heavy (non-hydrogen) atoms. The highest BCUT2D eigenvalue weighted by Gasteiger charge is 2.14. The second kappa shape index (κ2) is 11.8. The number of sulfonamides is 1. The predicted octanol–water partition coefficient (Wildman–Crippen LogP) is 4.48. The Hall–Kier alpha value is -4.96.